The van der Waals surface area contributed by atoms with Gasteiger partial charge in [-0.25, -0.2) is 4.79 Å². The van der Waals surface area contributed by atoms with Crippen molar-refractivity contribution in [1.82, 2.24) is 10.2 Å². The lowest BCUT2D eigenvalue weighted by Crippen LogP contribution is -2.44. The van der Waals surface area contributed by atoms with Gasteiger partial charge in [-0.1, -0.05) is 6.07 Å². The molecule has 0 saturated carbocycles. The number of nitrogens with one attached hydrogen (secondary N) is 1. The molecule has 0 aromatic heterocycles. The summed E-state index contributed by atoms with van der Waals surface area (Å²) < 4.78 is 0. The van der Waals surface area contributed by atoms with Crippen molar-refractivity contribution in [3.8, 4) is 0 Å². The van der Waals surface area contributed by atoms with Crippen LogP contribution in [-0.4, -0.2) is 35.2 Å². The van der Waals surface area contributed by atoms with Crippen LogP contribution in [0.2, 0.25) is 0 Å². The average molecular weight is 262 g/mol. The number of carbonyl (C=O) groups is 4. The molecule has 1 aliphatic heterocycles. The zero-order valence-corrected chi connectivity index (χ0v) is 9.67. The zero-order valence-electron chi connectivity index (χ0n) is 9.67. The maximum atomic E-state index is 12.0. The lowest BCUT2D eigenvalue weighted by atomic mass is 10.1. The van der Waals surface area contributed by atoms with E-state index in [0.29, 0.717) is 4.90 Å². The third kappa shape index (κ3) is 2.10. The molecule has 0 unspecified atom stereocenters. The molecule has 8 heteroatoms. The molecule has 0 bridgehead atoms. The van der Waals surface area contributed by atoms with Crippen LogP contribution in [0, 0.1) is 0 Å². The van der Waals surface area contributed by atoms with Gasteiger partial charge in [0.15, 0.2) is 0 Å². The number of fused-ring (bicyclic) bond motifs is 1. The molecule has 2 rings (SSSR count). The Kier molecular flexibility index (Phi) is 2.91. The minimum Gasteiger partial charge on any atom is -0.398 e. The maximum absolute atomic E-state index is 12.0. The molecule has 0 spiro atoms. The number of nitrogens with two attached hydrogens (primary N) is 2. The molecule has 1 aromatic carbocycles. The van der Waals surface area contributed by atoms with Crippen LogP contribution in [0.5, 0.6) is 0 Å². The largest absolute Gasteiger partial charge is 0.398 e. The third-order valence-electron chi connectivity index (χ3n) is 2.60. The Bertz CT molecular complexity index is 611. The molecular weight excluding hydrogens is 252 g/mol. The van der Waals surface area contributed by atoms with Gasteiger partial charge in [0, 0.05) is 5.69 Å². The SMILES string of the molecule is NC(=O)NC(=O)CN1C(=O)c2cccc(N)c2C1=O. The molecule has 1 aromatic rings. The summed E-state index contributed by atoms with van der Waals surface area (Å²) in [5.41, 5.74) is 10.8. The molecular formula is C11H10N4O4. The van der Waals surface area contributed by atoms with Gasteiger partial charge in [-0.05, 0) is 12.1 Å². The number of hydrogen-bond acceptors (Lipinski definition) is 5. The van der Waals surface area contributed by atoms with Gasteiger partial charge >= 0.3 is 6.03 Å². The molecule has 0 radical (unpaired) electrons. The number of benzene rings is 1. The number of amides is 5. The number of rotatable bonds is 2. The Morgan fingerprint density at radius 2 is 1.89 bits per heavy atom. The van der Waals surface area contributed by atoms with Crippen molar-refractivity contribution in [2.75, 3.05) is 12.3 Å². The van der Waals surface area contributed by atoms with Crippen LogP contribution < -0.4 is 16.8 Å². The minimum absolute atomic E-state index is 0.0689. The predicted octanol–water partition coefficient (Wildman–Crippen LogP) is -0.940. The van der Waals surface area contributed by atoms with E-state index in [1.807, 2.05) is 0 Å². The Balaban J connectivity index is 2.26. The first-order chi connectivity index (χ1) is 8.91. The number of nitrogens with zero attached hydrogens (tertiary/aromatic N) is 1. The van der Waals surface area contributed by atoms with E-state index in [1.165, 1.54) is 18.2 Å². The fourth-order valence-corrected chi connectivity index (χ4v) is 1.82. The predicted molar refractivity (Wildman–Crippen MR) is 63.9 cm³/mol. The molecule has 1 aliphatic rings. The summed E-state index contributed by atoms with van der Waals surface area (Å²) in [5, 5.41) is 1.77. The highest BCUT2D eigenvalue weighted by atomic mass is 16.2. The van der Waals surface area contributed by atoms with E-state index in [2.05, 4.69) is 0 Å². The minimum atomic E-state index is -1.05. The molecule has 1 heterocycles. The number of anilines is 1. The van der Waals surface area contributed by atoms with Crippen molar-refractivity contribution < 1.29 is 19.2 Å². The Labute approximate surface area is 107 Å². The van der Waals surface area contributed by atoms with Gasteiger partial charge in [-0.15, -0.1) is 0 Å². The van der Waals surface area contributed by atoms with Gasteiger partial charge < -0.3 is 11.5 Å². The van der Waals surface area contributed by atoms with Gasteiger partial charge in [0.1, 0.15) is 6.54 Å². The number of carbonyl (C=O) groups excluding carboxylic acids is 4. The Hall–Kier alpha value is -2.90. The topological polar surface area (TPSA) is 136 Å². The summed E-state index contributed by atoms with van der Waals surface area (Å²) in [7, 11) is 0. The first-order valence-electron chi connectivity index (χ1n) is 5.25. The molecule has 0 saturated heterocycles. The van der Waals surface area contributed by atoms with Crippen LogP contribution in [0.15, 0.2) is 18.2 Å². The van der Waals surface area contributed by atoms with Gasteiger partial charge in [-0.2, -0.15) is 0 Å². The summed E-state index contributed by atoms with van der Waals surface area (Å²) in [4.78, 5) is 46.5. The van der Waals surface area contributed by atoms with Gasteiger partial charge in [0.25, 0.3) is 11.8 Å². The smallest absolute Gasteiger partial charge is 0.318 e. The fourth-order valence-electron chi connectivity index (χ4n) is 1.82. The average Bonchev–Trinajstić information content (AvgIpc) is 2.54. The van der Waals surface area contributed by atoms with Gasteiger partial charge in [0.05, 0.1) is 11.1 Å². The first kappa shape index (κ1) is 12.6. The molecule has 8 nitrogen and oxygen atoms in total. The number of imide groups is 2. The van der Waals surface area contributed by atoms with Crippen molar-refractivity contribution in [1.29, 1.82) is 0 Å². The van der Waals surface area contributed by atoms with Crippen molar-refractivity contribution in [3.63, 3.8) is 0 Å². The van der Waals surface area contributed by atoms with Crippen LogP contribution in [0.1, 0.15) is 20.7 Å². The van der Waals surface area contributed by atoms with Gasteiger partial charge in [-0.3, -0.25) is 24.6 Å². The monoisotopic (exact) mass is 262 g/mol. The normalized spacial score (nSPS) is 13.4. The fraction of sp³-hybridized carbons (Fsp3) is 0.0909. The van der Waals surface area contributed by atoms with E-state index in [9.17, 15) is 19.2 Å². The highest BCUT2D eigenvalue weighted by molar-refractivity contribution is 6.24. The summed E-state index contributed by atoms with van der Waals surface area (Å²) >= 11 is 0. The van der Waals surface area contributed by atoms with E-state index in [1.54, 1.807) is 5.32 Å². The summed E-state index contributed by atoms with van der Waals surface area (Å²) in [5.74, 6) is -2.15. The zero-order chi connectivity index (χ0) is 14.2. The van der Waals surface area contributed by atoms with Crippen molar-refractivity contribution >= 4 is 29.4 Å². The molecule has 0 aliphatic carbocycles. The molecule has 98 valence electrons. The highest BCUT2D eigenvalue weighted by Gasteiger charge is 2.38. The van der Waals surface area contributed by atoms with Gasteiger partial charge in [0.2, 0.25) is 5.91 Å². The summed E-state index contributed by atoms with van der Waals surface area (Å²) in [6.45, 7) is -0.589. The van der Waals surface area contributed by atoms with Crippen molar-refractivity contribution in [2.24, 2.45) is 5.73 Å². The molecule has 0 fully saturated rings. The van der Waals surface area contributed by atoms with E-state index in [4.69, 9.17) is 11.5 Å². The lowest BCUT2D eigenvalue weighted by molar-refractivity contribution is -0.120. The van der Waals surface area contributed by atoms with Crippen LogP contribution in [0.4, 0.5) is 10.5 Å². The van der Waals surface area contributed by atoms with Crippen LogP contribution in [-0.2, 0) is 4.79 Å². The van der Waals surface area contributed by atoms with Crippen molar-refractivity contribution in [2.45, 2.75) is 0 Å². The van der Waals surface area contributed by atoms with Crippen LogP contribution >= 0.6 is 0 Å². The number of urea groups is 1. The Morgan fingerprint density at radius 3 is 2.47 bits per heavy atom. The van der Waals surface area contributed by atoms with E-state index >= 15 is 0 Å². The standard InChI is InChI=1S/C11H10N4O4/c12-6-3-1-2-5-8(6)10(18)15(9(5)17)4-7(16)14-11(13)19/h1-3H,4,12H2,(H3,13,14,16,19). The van der Waals surface area contributed by atoms with Crippen LogP contribution in [0.3, 0.4) is 0 Å². The van der Waals surface area contributed by atoms with E-state index in [-0.39, 0.29) is 16.8 Å². The van der Waals surface area contributed by atoms with Crippen LogP contribution in [0.25, 0.3) is 0 Å². The van der Waals surface area contributed by atoms with E-state index in [0.717, 1.165) is 0 Å². The Morgan fingerprint density at radius 1 is 1.21 bits per heavy atom. The molecule has 5 N–H and O–H groups in total. The second-order valence-electron chi connectivity index (χ2n) is 3.88. The van der Waals surface area contributed by atoms with Crippen molar-refractivity contribution in [3.05, 3.63) is 29.3 Å². The molecule has 5 amide bonds. The number of hydrogen-bond donors (Lipinski definition) is 3. The summed E-state index contributed by atoms with van der Waals surface area (Å²) in [6.07, 6.45) is 0. The number of nitrogen functional groups attached to an aromatic ring is 1. The maximum Gasteiger partial charge on any atom is 0.318 e. The highest BCUT2D eigenvalue weighted by Crippen LogP contribution is 2.27. The first-order valence-corrected chi connectivity index (χ1v) is 5.25. The third-order valence-corrected chi connectivity index (χ3v) is 2.60. The van der Waals surface area contributed by atoms with E-state index < -0.39 is 30.3 Å². The molecule has 0 atom stereocenters. The summed E-state index contributed by atoms with van der Waals surface area (Å²) in [6, 6.07) is 3.41. The second-order valence-corrected chi connectivity index (χ2v) is 3.88. The molecule has 19 heavy (non-hydrogen) atoms. The lowest BCUT2D eigenvalue weighted by Gasteiger charge is -2.12. The number of primary amides is 1. The quantitative estimate of drug-likeness (QED) is 0.466. The second kappa shape index (κ2) is 4.41.